The van der Waals surface area contributed by atoms with Crippen molar-refractivity contribution in [3.8, 4) is 11.6 Å². The van der Waals surface area contributed by atoms with E-state index in [1.807, 2.05) is 31.2 Å². The minimum atomic E-state index is 0.660. The van der Waals surface area contributed by atoms with Crippen LogP contribution in [-0.4, -0.2) is 11.5 Å². The van der Waals surface area contributed by atoms with Crippen LogP contribution in [0, 0.1) is 6.92 Å². The van der Waals surface area contributed by atoms with Gasteiger partial charge < -0.3 is 10.1 Å². The zero-order chi connectivity index (χ0) is 15.1. The fraction of sp³-hybridized carbons (Fsp3) is 0.389. The molecule has 0 aliphatic rings. The fourth-order valence-corrected chi connectivity index (χ4v) is 2.22. The first-order chi connectivity index (χ1) is 10.2. The Morgan fingerprint density at radius 3 is 2.57 bits per heavy atom. The van der Waals surface area contributed by atoms with Gasteiger partial charge >= 0.3 is 0 Å². The molecule has 1 N–H and O–H groups in total. The molecule has 3 nitrogen and oxygen atoms in total. The normalized spacial score (nSPS) is 10.6. The van der Waals surface area contributed by atoms with E-state index in [-0.39, 0.29) is 0 Å². The molecule has 1 heterocycles. The summed E-state index contributed by atoms with van der Waals surface area (Å²) >= 11 is 0. The number of para-hydroxylation sites is 1. The Kier molecular flexibility index (Phi) is 5.76. The highest BCUT2D eigenvalue weighted by Gasteiger charge is 2.06. The molecule has 0 spiro atoms. The van der Waals surface area contributed by atoms with Crippen molar-refractivity contribution in [2.45, 2.75) is 40.2 Å². The van der Waals surface area contributed by atoms with E-state index in [0.29, 0.717) is 5.88 Å². The van der Waals surface area contributed by atoms with Crippen molar-refractivity contribution in [3.63, 3.8) is 0 Å². The first kappa shape index (κ1) is 15.5. The molecule has 112 valence electrons. The predicted molar refractivity (Wildman–Crippen MR) is 86.9 cm³/mol. The van der Waals surface area contributed by atoms with Gasteiger partial charge in [-0.1, -0.05) is 38.1 Å². The smallest absolute Gasteiger partial charge is 0.219 e. The lowest BCUT2D eigenvalue weighted by Crippen LogP contribution is -2.15. The largest absolute Gasteiger partial charge is 0.439 e. The van der Waals surface area contributed by atoms with Crippen LogP contribution in [0.4, 0.5) is 0 Å². The minimum absolute atomic E-state index is 0.660. The van der Waals surface area contributed by atoms with Crippen LogP contribution in [-0.2, 0) is 13.0 Å². The Morgan fingerprint density at radius 1 is 1.05 bits per heavy atom. The molecule has 2 aromatic rings. The summed E-state index contributed by atoms with van der Waals surface area (Å²) in [5.74, 6) is 1.55. The molecule has 0 aliphatic heterocycles. The average molecular weight is 284 g/mol. The second-order valence-corrected chi connectivity index (χ2v) is 5.13. The molecule has 0 atom stereocenters. The SMILES string of the molecule is CCCNCc1ccc(Oc2ccccc2CC)nc1C. The van der Waals surface area contributed by atoms with Crippen LogP contribution in [0.2, 0.25) is 0 Å². The first-order valence-corrected chi connectivity index (χ1v) is 7.67. The summed E-state index contributed by atoms with van der Waals surface area (Å²) in [5, 5.41) is 3.40. The second-order valence-electron chi connectivity index (χ2n) is 5.13. The Hall–Kier alpha value is -1.87. The van der Waals surface area contributed by atoms with E-state index in [2.05, 4.69) is 36.3 Å². The zero-order valence-electron chi connectivity index (χ0n) is 13.1. The molecule has 2 rings (SSSR count). The third-order valence-electron chi connectivity index (χ3n) is 3.48. The van der Waals surface area contributed by atoms with Gasteiger partial charge in [-0.25, -0.2) is 4.98 Å². The number of benzene rings is 1. The maximum atomic E-state index is 5.93. The molecule has 1 aromatic carbocycles. The van der Waals surface area contributed by atoms with Gasteiger partial charge in [0.25, 0.3) is 0 Å². The van der Waals surface area contributed by atoms with Crippen LogP contribution < -0.4 is 10.1 Å². The van der Waals surface area contributed by atoms with Crippen molar-refractivity contribution in [1.82, 2.24) is 10.3 Å². The Morgan fingerprint density at radius 2 is 1.86 bits per heavy atom. The quantitative estimate of drug-likeness (QED) is 0.772. The molecule has 21 heavy (non-hydrogen) atoms. The van der Waals surface area contributed by atoms with Crippen molar-refractivity contribution in [2.24, 2.45) is 0 Å². The van der Waals surface area contributed by atoms with E-state index in [0.717, 1.165) is 37.4 Å². The van der Waals surface area contributed by atoms with Crippen LogP contribution >= 0.6 is 0 Å². The maximum Gasteiger partial charge on any atom is 0.219 e. The summed E-state index contributed by atoms with van der Waals surface area (Å²) in [5.41, 5.74) is 3.44. The van der Waals surface area contributed by atoms with Gasteiger partial charge in [-0.05, 0) is 43.5 Å². The number of hydrogen-bond donors (Lipinski definition) is 1. The van der Waals surface area contributed by atoms with E-state index in [1.54, 1.807) is 0 Å². The standard InChI is InChI=1S/C18H24N2O/c1-4-12-19-13-16-10-11-18(20-14(16)3)21-17-9-7-6-8-15(17)5-2/h6-11,19H,4-5,12-13H2,1-3H3. The maximum absolute atomic E-state index is 5.93. The molecule has 0 bridgehead atoms. The van der Waals surface area contributed by atoms with E-state index in [4.69, 9.17) is 4.74 Å². The topological polar surface area (TPSA) is 34.1 Å². The third kappa shape index (κ3) is 4.30. The summed E-state index contributed by atoms with van der Waals surface area (Å²) in [7, 11) is 0. The highest BCUT2D eigenvalue weighted by atomic mass is 16.5. The third-order valence-corrected chi connectivity index (χ3v) is 3.48. The van der Waals surface area contributed by atoms with Crippen LogP contribution in [0.15, 0.2) is 36.4 Å². The molecule has 0 saturated carbocycles. The Bertz CT molecular complexity index is 581. The molecular formula is C18H24N2O. The summed E-state index contributed by atoms with van der Waals surface area (Å²) in [6.07, 6.45) is 2.09. The van der Waals surface area contributed by atoms with Gasteiger partial charge in [0.05, 0.1) is 0 Å². The Balaban J connectivity index is 2.09. The Labute approximate surface area is 127 Å². The number of nitrogens with zero attached hydrogens (tertiary/aromatic N) is 1. The van der Waals surface area contributed by atoms with E-state index < -0.39 is 0 Å². The van der Waals surface area contributed by atoms with Crippen LogP contribution in [0.1, 0.15) is 37.1 Å². The molecule has 0 aliphatic carbocycles. The lowest BCUT2D eigenvalue weighted by molar-refractivity contribution is 0.455. The van der Waals surface area contributed by atoms with E-state index >= 15 is 0 Å². The molecule has 0 fully saturated rings. The van der Waals surface area contributed by atoms with Crippen LogP contribution in [0.3, 0.4) is 0 Å². The molecule has 0 unspecified atom stereocenters. The van der Waals surface area contributed by atoms with Crippen LogP contribution in [0.25, 0.3) is 0 Å². The number of nitrogens with one attached hydrogen (secondary N) is 1. The highest BCUT2D eigenvalue weighted by molar-refractivity contribution is 5.36. The molecule has 3 heteroatoms. The number of ether oxygens (including phenoxy) is 1. The molecular weight excluding hydrogens is 260 g/mol. The number of aromatic nitrogens is 1. The van der Waals surface area contributed by atoms with E-state index in [9.17, 15) is 0 Å². The van der Waals surface area contributed by atoms with Crippen molar-refractivity contribution < 1.29 is 4.74 Å². The summed E-state index contributed by atoms with van der Waals surface area (Å²) in [6.45, 7) is 8.21. The van der Waals surface area contributed by atoms with Gasteiger partial charge in [-0.2, -0.15) is 0 Å². The van der Waals surface area contributed by atoms with Crippen LogP contribution in [0.5, 0.6) is 11.6 Å². The molecule has 0 saturated heterocycles. The van der Waals surface area contributed by atoms with Gasteiger partial charge in [0.15, 0.2) is 0 Å². The average Bonchev–Trinajstić information content (AvgIpc) is 2.50. The van der Waals surface area contributed by atoms with Gasteiger partial charge in [0, 0.05) is 18.3 Å². The number of hydrogen-bond acceptors (Lipinski definition) is 3. The highest BCUT2D eigenvalue weighted by Crippen LogP contribution is 2.25. The van der Waals surface area contributed by atoms with E-state index in [1.165, 1.54) is 11.1 Å². The van der Waals surface area contributed by atoms with Gasteiger partial charge in [0.2, 0.25) is 5.88 Å². The molecule has 0 radical (unpaired) electrons. The van der Waals surface area contributed by atoms with Gasteiger partial charge in [-0.15, -0.1) is 0 Å². The molecule has 0 amide bonds. The number of pyridine rings is 1. The minimum Gasteiger partial charge on any atom is -0.439 e. The lowest BCUT2D eigenvalue weighted by atomic mass is 10.1. The monoisotopic (exact) mass is 284 g/mol. The van der Waals surface area contributed by atoms with Crippen molar-refractivity contribution in [2.75, 3.05) is 6.54 Å². The summed E-state index contributed by atoms with van der Waals surface area (Å²) in [6, 6.07) is 12.1. The predicted octanol–water partition coefficient (Wildman–Crippen LogP) is 4.24. The summed E-state index contributed by atoms with van der Waals surface area (Å²) in [4.78, 5) is 4.56. The van der Waals surface area contributed by atoms with Crippen molar-refractivity contribution in [1.29, 1.82) is 0 Å². The second kappa shape index (κ2) is 7.79. The summed E-state index contributed by atoms with van der Waals surface area (Å²) < 4.78 is 5.93. The number of aryl methyl sites for hydroxylation is 2. The zero-order valence-corrected chi connectivity index (χ0v) is 13.1. The fourth-order valence-electron chi connectivity index (χ4n) is 2.22. The van der Waals surface area contributed by atoms with Crippen molar-refractivity contribution >= 4 is 0 Å². The van der Waals surface area contributed by atoms with Crippen molar-refractivity contribution in [3.05, 3.63) is 53.2 Å². The van der Waals surface area contributed by atoms with Gasteiger partial charge in [-0.3, -0.25) is 0 Å². The lowest BCUT2D eigenvalue weighted by Gasteiger charge is -2.11. The number of rotatable bonds is 7. The van der Waals surface area contributed by atoms with Gasteiger partial charge in [0.1, 0.15) is 5.75 Å². The first-order valence-electron chi connectivity index (χ1n) is 7.67. The molecule has 1 aromatic heterocycles.